The van der Waals surface area contributed by atoms with Crippen LogP contribution in [0, 0.1) is 11.7 Å². The lowest BCUT2D eigenvalue weighted by atomic mass is 9.93. The molecule has 98 valence electrons. The van der Waals surface area contributed by atoms with Gasteiger partial charge in [-0.25, -0.2) is 4.39 Å². The molecule has 0 bridgehead atoms. The summed E-state index contributed by atoms with van der Waals surface area (Å²) in [5, 5.41) is 0. The number of Topliss-reactive ketones (excluding diaryl/α,β-unsaturated/α-hetero) is 1. The summed E-state index contributed by atoms with van der Waals surface area (Å²) in [7, 11) is 0. The third kappa shape index (κ3) is 3.51. The first-order valence-electron chi connectivity index (χ1n) is 6.11. The predicted octanol–water partition coefficient (Wildman–Crippen LogP) is 4.65. The van der Waals surface area contributed by atoms with Crippen LogP contribution in [0.15, 0.2) is 53.0 Å². The number of halogens is 2. The third-order valence-electron chi connectivity index (χ3n) is 3.05. The maximum atomic E-state index is 13.0. The van der Waals surface area contributed by atoms with Crippen LogP contribution in [0.1, 0.15) is 22.8 Å². The van der Waals surface area contributed by atoms with Gasteiger partial charge >= 0.3 is 0 Å². The molecule has 0 aliphatic rings. The quantitative estimate of drug-likeness (QED) is 0.749. The van der Waals surface area contributed by atoms with E-state index >= 15 is 0 Å². The van der Waals surface area contributed by atoms with E-state index in [0.29, 0.717) is 16.5 Å². The number of benzene rings is 2. The lowest BCUT2D eigenvalue weighted by Gasteiger charge is -2.12. The summed E-state index contributed by atoms with van der Waals surface area (Å²) in [6, 6.07) is 13.8. The molecular weight excluding hydrogens is 307 g/mol. The van der Waals surface area contributed by atoms with Gasteiger partial charge in [-0.1, -0.05) is 59.3 Å². The first kappa shape index (κ1) is 13.9. The summed E-state index contributed by atoms with van der Waals surface area (Å²) in [6.45, 7) is 1.89. The zero-order valence-electron chi connectivity index (χ0n) is 10.6. The normalized spacial score (nSPS) is 12.2. The molecule has 0 fully saturated rings. The smallest absolute Gasteiger partial charge is 0.165 e. The van der Waals surface area contributed by atoms with Crippen LogP contribution in [0.2, 0.25) is 0 Å². The Kier molecular flexibility index (Phi) is 4.48. The van der Waals surface area contributed by atoms with Crippen molar-refractivity contribution in [3.05, 3.63) is 69.9 Å². The van der Waals surface area contributed by atoms with E-state index in [-0.39, 0.29) is 17.5 Å². The molecule has 0 saturated carbocycles. The Morgan fingerprint density at radius 3 is 2.53 bits per heavy atom. The van der Waals surface area contributed by atoms with Crippen molar-refractivity contribution in [2.24, 2.45) is 5.92 Å². The number of ketones is 1. The number of hydrogen-bond acceptors (Lipinski definition) is 1. The lowest BCUT2D eigenvalue weighted by Crippen LogP contribution is -2.14. The average Bonchev–Trinajstić information content (AvgIpc) is 2.42. The van der Waals surface area contributed by atoms with Crippen molar-refractivity contribution < 1.29 is 9.18 Å². The van der Waals surface area contributed by atoms with Gasteiger partial charge in [0, 0.05) is 16.0 Å². The number of rotatable bonds is 4. The molecule has 2 aromatic carbocycles. The Hall–Kier alpha value is -1.48. The molecule has 3 heteroatoms. The maximum Gasteiger partial charge on any atom is 0.165 e. The van der Waals surface area contributed by atoms with Crippen LogP contribution >= 0.6 is 15.9 Å². The molecule has 0 radical (unpaired) electrons. The molecule has 0 aliphatic carbocycles. The van der Waals surface area contributed by atoms with E-state index < -0.39 is 0 Å². The minimum atomic E-state index is -0.280. The predicted molar refractivity (Wildman–Crippen MR) is 77.7 cm³/mol. The van der Waals surface area contributed by atoms with Crippen LogP contribution in [0.3, 0.4) is 0 Å². The summed E-state index contributed by atoms with van der Waals surface area (Å²) >= 11 is 3.33. The Balaban J connectivity index is 2.13. The number of carbonyl (C=O) groups excluding carboxylic acids is 1. The molecule has 0 saturated heterocycles. The van der Waals surface area contributed by atoms with E-state index in [2.05, 4.69) is 15.9 Å². The fourth-order valence-corrected chi connectivity index (χ4v) is 2.51. The second-order valence-corrected chi connectivity index (χ2v) is 5.43. The highest BCUT2D eigenvalue weighted by molar-refractivity contribution is 9.10. The summed E-state index contributed by atoms with van der Waals surface area (Å²) in [5.74, 6) is -0.307. The number of hydrogen-bond donors (Lipinski definition) is 0. The molecule has 0 spiro atoms. The second-order valence-electron chi connectivity index (χ2n) is 4.57. The van der Waals surface area contributed by atoms with Crippen LogP contribution in [0.25, 0.3) is 0 Å². The van der Waals surface area contributed by atoms with E-state index in [1.807, 2.05) is 37.3 Å². The topological polar surface area (TPSA) is 17.1 Å². The van der Waals surface area contributed by atoms with E-state index in [9.17, 15) is 9.18 Å². The van der Waals surface area contributed by atoms with E-state index in [4.69, 9.17) is 0 Å². The van der Waals surface area contributed by atoms with Gasteiger partial charge in [0.1, 0.15) is 5.82 Å². The molecule has 0 aliphatic heterocycles. The highest BCUT2D eigenvalue weighted by Gasteiger charge is 2.16. The largest absolute Gasteiger partial charge is 0.294 e. The monoisotopic (exact) mass is 320 g/mol. The first-order chi connectivity index (χ1) is 9.08. The van der Waals surface area contributed by atoms with Crippen molar-refractivity contribution in [1.82, 2.24) is 0 Å². The van der Waals surface area contributed by atoms with Crippen LogP contribution in [-0.2, 0) is 6.42 Å². The van der Waals surface area contributed by atoms with E-state index in [0.717, 1.165) is 5.56 Å². The van der Waals surface area contributed by atoms with Gasteiger partial charge in [0.25, 0.3) is 0 Å². The minimum Gasteiger partial charge on any atom is -0.294 e. The summed E-state index contributed by atoms with van der Waals surface area (Å²) in [5.41, 5.74) is 1.66. The Morgan fingerprint density at radius 2 is 1.89 bits per heavy atom. The van der Waals surface area contributed by atoms with Crippen molar-refractivity contribution in [2.45, 2.75) is 13.3 Å². The van der Waals surface area contributed by atoms with Crippen molar-refractivity contribution in [3.63, 3.8) is 0 Å². The first-order valence-corrected chi connectivity index (χ1v) is 6.90. The zero-order chi connectivity index (χ0) is 13.8. The molecule has 19 heavy (non-hydrogen) atoms. The van der Waals surface area contributed by atoms with Gasteiger partial charge in [0.05, 0.1) is 0 Å². The molecule has 2 rings (SSSR count). The van der Waals surface area contributed by atoms with Gasteiger partial charge in [-0.15, -0.1) is 0 Å². The third-order valence-corrected chi connectivity index (χ3v) is 3.79. The molecule has 1 nitrogen and oxygen atoms in total. The van der Waals surface area contributed by atoms with Crippen molar-refractivity contribution >= 4 is 21.7 Å². The van der Waals surface area contributed by atoms with Crippen LogP contribution in [0.5, 0.6) is 0 Å². The van der Waals surface area contributed by atoms with Crippen molar-refractivity contribution in [2.75, 3.05) is 0 Å². The molecule has 2 aromatic rings. The van der Waals surface area contributed by atoms with Gasteiger partial charge in [0.15, 0.2) is 5.78 Å². The fraction of sp³-hybridized carbons (Fsp3) is 0.188. The highest BCUT2D eigenvalue weighted by atomic mass is 79.9. The Labute approximate surface area is 120 Å². The van der Waals surface area contributed by atoms with E-state index in [1.165, 1.54) is 12.1 Å². The van der Waals surface area contributed by atoms with Crippen molar-refractivity contribution in [1.29, 1.82) is 0 Å². The van der Waals surface area contributed by atoms with Gasteiger partial charge in [-0.05, 0) is 24.1 Å². The van der Waals surface area contributed by atoms with Gasteiger partial charge in [-0.2, -0.15) is 0 Å². The summed E-state index contributed by atoms with van der Waals surface area (Å²) in [4.78, 5) is 12.2. The van der Waals surface area contributed by atoms with Crippen LogP contribution in [0.4, 0.5) is 4.39 Å². The molecule has 1 atom stereocenters. The Morgan fingerprint density at radius 1 is 1.21 bits per heavy atom. The fourth-order valence-electron chi connectivity index (χ4n) is 2.00. The van der Waals surface area contributed by atoms with Crippen LogP contribution < -0.4 is 0 Å². The minimum absolute atomic E-state index is 0.108. The average molecular weight is 321 g/mol. The molecule has 0 heterocycles. The zero-order valence-corrected chi connectivity index (χ0v) is 12.2. The molecule has 1 unspecified atom stereocenters. The standard InChI is InChI=1S/C16H14BrFO/c1-11(16(19)12-5-3-2-4-6-12)9-13-7-8-14(18)10-15(13)17/h2-8,10-11H,9H2,1H3. The second kappa shape index (κ2) is 6.11. The molecular formula is C16H14BrFO. The van der Waals surface area contributed by atoms with Crippen molar-refractivity contribution in [3.8, 4) is 0 Å². The summed E-state index contributed by atoms with van der Waals surface area (Å²) in [6.07, 6.45) is 0.592. The summed E-state index contributed by atoms with van der Waals surface area (Å²) < 4.78 is 13.7. The van der Waals surface area contributed by atoms with Gasteiger partial charge in [-0.3, -0.25) is 4.79 Å². The highest BCUT2D eigenvalue weighted by Crippen LogP contribution is 2.22. The molecule has 0 aromatic heterocycles. The Bertz CT molecular complexity index is 581. The number of carbonyl (C=O) groups is 1. The van der Waals surface area contributed by atoms with E-state index in [1.54, 1.807) is 6.07 Å². The maximum absolute atomic E-state index is 13.0. The van der Waals surface area contributed by atoms with Gasteiger partial charge in [0.2, 0.25) is 0 Å². The van der Waals surface area contributed by atoms with Crippen LogP contribution in [-0.4, -0.2) is 5.78 Å². The van der Waals surface area contributed by atoms with Gasteiger partial charge < -0.3 is 0 Å². The molecule has 0 amide bonds. The SMILES string of the molecule is CC(Cc1ccc(F)cc1Br)C(=O)c1ccccc1. The molecule has 0 N–H and O–H groups in total. The lowest BCUT2D eigenvalue weighted by molar-refractivity contribution is 0.0929.